The summed E-state index contributed by atoms with van der Waals surface area (Å²) in [6.07, 6.45) is 5.27. The molecule has 0 radical (unpaired) electrons. The van der Waals surface area contributed by atoms with Crippen molar-refractivity contribution in [2.24, 2.45) is 16.9 Å². The molecular formula is C35H34CrN2O7. The van der Waals surface area contributed by atoms with E-state index in [0.717, 1.165) is 28.9 Å². The number of nitrogens with one attached hydrogen (secondary N) is 1. The van der Waals surface area contributed by atoms with E-state index < -0.39 is 0 Å². The first kappa shape index (κ1) is 41.3. The molecule has 1 aliphatic heterocycles. The van der Waals surface area contributed by atoms with Gasteiger partial charge in [0.1, 0.15) is 0 Å². The van der Waals surface area contributed by atoms with Crippen molar-refractivity contribution in [1.82, 2.24) is 5.43 Å². The predicted molar refractivity (Wildman–Crippen MR) is 157 cm³/mol. The number of nitrogens with zero attached hydrogens (tertiary/aromatic N) is 1. The third kappa shape index (κ3) is 11.0. The molecule has 0 spiro atoms. The normalized spacial score (nSPS) is 21.0. The van der Waals surface area contributed by atoms with Gasteiger partial charge in [0.25, 0.3) is 0 Å². The Hall–Kier alpha value is -3.75. The van der Waals surface area contributed by atoms with Crippen LogP contribution in [0.4, 0.5) is 0 Å². The summed E-state index contributed by atoms with van der Waals surface area (Å²) in [5, 5.41) is 4.77. The van der Waals surface area contributed by atoms with E-state index in [4.69, 9.17) is 37.5 Å². The molecule has 5 atom stereocenters. The quantitative estimate of drug-likeness (QED) is 0.236. The van der Waals surface area contributed by atoms with Crippen LogP contribution in [0.2, 0.25) is 0 Å². The van der Waals surface area contributed by atoms with E-state index in [9.17, 15) is 0 Å². The van der Waals surface area contributed by atoms with Gasteiger partial charge >= 0.3 is 274 Å². The molecule has 0 unspecified atom stereocenters. The van der Waals surface area contributed by atoms with Gasteiger partial charge in [-0.15, -0.1) is 0 Å². The van der Waals surface area contributed by atoms with E-state index >= 15 is 0 Å². The average molecular weight is 647 g/mol. The van der Waals surface area contributed by atoms with Crippen LogP contribution in [0.5, 0.6) is 0 Å². The molecule has 2 aromatic carbocycles. The number of hydrogen-bond donors (Lipinski definition) is 1. The molecule has 1 aromatic heterocycles. The van der Waals surface area contributed by atoms with Gasteiger partial charge in [0.05, 0.1) is 0 Å². The first-order valence-electron chi connectivity index (χ1n) is 13.6. The van der Waals surface area contributed by atoms with E-state index in [-0.39, 0.29) is 23.5 Å². The molecule has 10 heteroatoms. The summed E-state index contributed by atoms with van der Waals surface area (Å²) in [5.41, 5.74) is 6.79. The van der Waals surface area contributed by atoms with Crippen molar-refractivity contribution in [3.8, 4) is 0 Å². The van der Waals surface area contributed by atoms with Crippen molar-refractivity contribution in [2.45, 2.75) is 63.5 Å². The van der Waals surface area contributed by atoms with Gasteiger partial charge in [-0.25, -0.2) is 0 Å². The number of hydrogen-bond acceptors (Lipinski definition) is 4. The first-order chi connectivity index (χ1) is 21.9. The van der Waals surface area contributed by atoms with Gasteiger partial charge in [-0.05, 0) is 0 Å². The molecule has 5 rings (SSSR count). The average Bonchev–Trinajstić information content (AvgIpc) is 3.81. The molecule has 2 aliphatic rings. The van der Waals surface area contributed by atoms with Crippen LogP contribution in [0.1, 0.15) is 68.9 Å². The second-order valence-corrected chi connectivity index (χ2v) is 11.1. The summed E-state index contributed by atoms with van der Waals surface area (Å²) in [5.74, 6) is 1.87. The SMILES string of the molecule is C[C@@H]1CC[C@@H](C(C)(C)c2ccccc2)[C@H](O[C](=[Cr])C2=NN[C@@H](c3ccccc3)[C@@H]2c2ccco2)C1.[C-]#[O+].[C-]#[O+].[C-]#[O+].[C-]#[O+].[C-]#[O+]. The molecule has 232 valence electrons. The molecule has 1 saturated carbocycles. The first-order valence-corrected chi connectivity index (χ1v) is 14.3. The molecule has 9 nitrogen and oxygen atoms in total. The molecule has 1 N–H and O–H groups in total. The van der Waals surface area contributed by atoms with Gasteiger partial charge < -0.3 is 0 Å². The van der Waals surface area contributed by atoms with Crippen LogP contribution in [-0.2, 0) is 49.3 Å². The summed E-state index contributed by atoms with van der Waals surface area (Å²) in [4.78, 5) is 0. The van der Waals surface area contributed by atoms with E-state index in [1.165, 1.54) is 17.5 Å². The Morgan fingerprint density at radius 3 is 1.93 bits per heavy atom. The standard InChI is InChI=1S/C30H34N2O2.5CO.Cr/c1-21-16-17-24(30(2,3)23-13-8-5-9-14-23)27(19-21)34-20-25-28(26-15-10-18-33-26)29(32-31-25)22-11-6-4-7-12-22;5*1-2;/h4-15,18,21,24,27-29,32H,16-17,19H2,1-3H3;;;;;;/t21-,24-,27-,28+,29+;;;;;;/m1....../s1. The molecule has 3 aromatic rings. The fraction of sp³-hybridized carbons (Fsp3) is 0.343. The number of rotatable bonds is 7. The molecular weight excluding hydrogens is 612 g/mol. The number of hydrazone groups is 1. The van der Waals surface area contributed by atoms with Gasteiger partial charge in [-0.1, -0.05) is 0 Å². The third-order valence-electron chi connectivity index (χ3n) is 7.93. The zero-order valence-electron chi connectivity index (χ0n) is 25.2. The van der Waals surface area contributed by atoms with Crippen LogP contribution in [0.15, 0.2) is 88.6 Å². The minimum absolute atomic E-state index is 0.00821. The van der Waals surface area contributed by atoms with Gasteiger partial charge in [-0.2, -0.15) is 0 Å². The summed E-state index contributed by atoms with van der Waals surface area (Å²) in [7, 11) is 0. The van der Waals surface area contributed by atoms with Gasteiger partial charge in [0, 0.05) is 0 Å². The fourth-order valence-electron chi connectivity index (χ4n) is 5.87. The minimum atomic E-state index is -0.0646. The van der Waals surface area contributed by atoms with Crippen molar-refractivity contribution in [3.63, 3.8) is 0 Å². The van der Waals surface area contributed by atoms with Crippen LogP contribution in [-0.4, -0.2) is 16.4 Å². The Balaban J connectivity index is 0.00000177. The Morgan fingerprint density at radius 2 is 1.40 bits per heavy atom. The molecule has 0 bridgehead atoms. The van der Waals surface area contributed by atoms with Gasteiger partial charge in [-0.3, -0.25) is 0 Å². The van der Waals surface area contributed by atoms with Crippen molar-refractivity contribution < 1.29 is 48.3 Å². The zero-order chi connectivity index (χ0) is 34.4. The Morgan fingerprint density at radius 1 is 0.844 bits per heavy atom. The summed E-state index contributed by atoms with van der Waals surface area (Å²) >= 11 is 3.24. The van der Waals surface area contributed by atoms with Crippen LogP contribution in [0.25, 0.3) is 0 Å². The van der Waals surface area contributed by atoms with Crippen molar-refractivity contribution in [3.05, 3.63) is 129 Å². The maximum absolute atomic E-state index is 7.50. The summed E-state index contributed by atoms with van der Waals surface area (Å²) < 4.78 is 51.0. The van der Waals surface area contributed by atoms with Crippen LogP contribution in [0.3, 0.4) is 0 Å². The number of ether oxygens (including phenoxy) is 1. The van der Waals surface area contributed by atoms with Crippen LogP contribution >= 0.6 is 0 Å². The van der Waals surface area contributed by atoms with Gasteiger partial charge in [0.2, 0.25) is 0 Å². The van der Waals surface area contributed by atoms with E-state index in [1.54, 1.807) is 6.26 Å². The van der Waals surface area contributed by atoms with Gasteiger partial charge in [0.15, 0.2) is 0 Å². The third-order valence-corrected chi connectivity index (χ3v) is 8.40. The van der Waals surface area contributed by atoms with Crippen LogP contribution in [0, 0.1) is 45.1 Å². The second-order valence-electron chi connectivity index (χ2n) is 10.6. The van der Waals surface area contributed by atoms with Crippen LogP contribution < -0.4 is 5.43 Å². The fourth-order valence-corrected chi connectivity index (χ4v) is 6.33. The number of furan rings is 1. The predicted octanol–water partition coefficient (Wildman–Crippen LogP) is 6.35. The Bertz CT molecular complexity index is 1360. The molecule has 1 fully saturated rings. The molecule has 0 saturated heterocycles. The van der Waals surface area contributed by atoms with E-state index in [0.29, 0.717) is 11.8 Å². The number of benzene rings is 2. The second kappa shape index (κ2) is 22.7. The summed E-state index contributed by atoms with van der Waals surface area (Å²) in [6, 6.07) is 25.3. The molecule has 0 amide bonds. The zero-order valence-corrected chi connectivity index (χ0v) is 26.5. The maximum atomic E-state index is 7.50. The molecule has 2 heterocycles. The molecule has 1 aliphatic carbocycles. The van der Waals surface area contributed by atoms with E-state index in [2.05, 4.69) is 130 Å². The summed E-state index contributed by atoms with van der Waals surface area (Å²) in [6.45, 7) is 29.6. The van der Waals surface area contributed by atoms with Crippen molar-refractivity contribution in [2.75, 3.05) is 0 Å². The Labute approximate surface area is 273 Å². The van der Waals surface area contributed by atoms with Crippen molar-refractivity contribution >= 4 is 10.3 Å². The van der Waals surface area contributed by atoms with Crippen molar-refractivity contribution in [1.29, 1.82) is 0 Å². The molecule has 45 heavy (non-hydrogen) atoms. The topological polar surface area (TPSA) is 146 Å². The Kier molecular flexibility index (Phi) is 20.8. The monoisotopic (exact) mass is 646 g/mol. The van der Waals surface area contributed by atoms with E-state index in [1.807, 2.05) is 18.2 Å².